The molecule has 0 spiro atoms. The molecule has 0 radical (unpaired) electrons. The fourth-order valence-electron chi connectivity index (χ4n) is 7.59. The minimum absolute atomic E-state index is 0.651. The van der Waals surface area contributed by atoms with Gasteiger partial charge in [0.1, 0.15) is 13.1 Å². The first-order valence-corrected chi connectivity index (χ1v) is 12.9. The number of benzene rings is 2. The molecule has 0 saturated carbocycles. The van der Waals surface area contributed by atoms with Gasteiger partial charge < -0.3 is 0 Å². The molecule has 4 atom stereocenters. The molecule has 4 heteroatoms. The molecule has 170 valence electrons. The van der Waals surface area contributed by atoms with Crippen LogP contribution in [-0.2, 0) is 13.1 Å². The summed E-state index contributed by atoms with van der Waals surface area (Å²) in [6.45, 7) is 17.3. The van der Waals surface area contributed by atoms with Gasteiger partial charge in [0, 0.05) is 37.1 Å². The highest BCUT2D eigenvalue weighted by Crippen LogP contribution is 2.43. The summed E-state index contributed by atoms with van der Waals surface area (Å²) in [7, 11) is 0. The Bertz CT molecular complexity index is 875. The van der Waals surface area contributed by atoms with E-state index in [1.165, 1.54) is 110 Å². The molecule has 0 unspecified atom stereocenters. The largest absolute Gasteiger partial charge is 0.297 e. The summed E-state index contributed by atoms with van der Waals surface area (Å²) in [6, 6.07) is 18.8. The monoisotopic (exact) mass is 432 g/mol. The summed E-state index contributed by atoms with van der Waals surface area (Å²) in [5, 5.41) is 0. The predicted molar refractivity (Wildman–Crippen MR) is 130 cm³/mol. The standard InChI is InChI=1S/C28H40N4/c1-23-5-9-25(10-6-23)21-31-17-3-13-29-16-20-32(22-26-11-7-24(2)8-12-26)18-4-14-30(15-19-31)28(32)27(29)31/h5-12,27-28H,3-4,13-22H2,1-2H3/q+2/t27-,28-,31-,32-/m1/s1. The molecule has 0 aromatic heterocycles. The van der Waals surface area contributed by atoms with Crippen LogP contribution in [0.3, 0.4) is 0 Å². The molecule has 2 aromatic carbocycles. The molecule has 4 heterocycles. The van der Waals surface area contributed by atoms with Crippen LogP contribution in [0.1, 0.15) is 35.1 Å². The summed E-state index contributed by atoms with van der Waals surface area (Å²) < 4.78 is 2.58. The second kappa shape index (κ2) is 7.95. The van der Waals surface area contributed by atoms with Gasteiger partial charge in [-0.15, -0.1) is 0 Å². The van der Waals surface area contributed by atoms with E-state index in [-0.39, 0.29) is 0 Å². The van der Waals surface area contributed by atoms with Gasteiger partial charge in [0.15, 0.2) is 0 Å². The van der Waals surface area contributed by atoms with Gasteiger partial charge in [0.2, 0.25) is 12.3 Å². The highest BCUT2D eigenvalue weighted by molar-refractivity contribution is 5.21. The van der Waals surface area contributed by atoms with E-state index < -0.39 is 0 Å². The van der Waals surface area contributed by atoms with Crippen LogP contribution < -0.4 is 0 Å². The van der Waals surface area contributed by atoms with Gasteiger partial charge in [-0.2, -0.15) is 0 Å². The summed E-state index contributed by atoms with van der Waals surface area (Å²) in [5.74, 6) is 0. The van der Waals surface area contributed by atoms with Crippen molar-refractivity contribution >= 4 is 0 Å². The molecule has 0 bridgehead atoms. The lowest BCUT2D eigenvalue weighted by molar-refractivity contribution is -1.07. The third-order valence-electron chi connectivity index (χ3n) is 9.14. The van der Waals surface area contributed by atoms with Crippen LogP contribution in [0.25, 0.3) is 0 Å². The Morgan fingerprint density at radius 1 is 0.594 bits per heavy atom. The van der Waals surface area contributed by atoms with Crippen LogP contribution in [-0.4, -0.2) is 83.5 Å². The molecule has 0 aliphatic carbocycles. The summed E-state index contributed by atoms with van der Waals surface area (Å²) in [4.78, 5) is 5.82. The lowest BCUT2D eigenvalue weighted by Gasteiger charge is -2.67. The fraction of sp³-hybridized carbons (Fsp3) is 0.571. The SMILES string of the molecule is Cc1ccc(C[N@@+]23CCCN4CC[N@@+]5(Cc6ccc(C)cc6)CCCN(CC2)[C@H]5[C@H]43)cc1. The number of piperazine rings is 2. The zero-order valence-corrected chi connectivity index (χ0v) is 20.0. The van der Waals surface area contributed by atoms with Gasteiger partial charge in [-0.25, -0.2) is 9.80 Å². The second-order valence-electron chi connectivity index (χ2n) is 11.2. The first kappa shape index (κ1) is 20.9. The minimum Gasteiger partial charge on any atom is -0.297 e. The van der Waals surface area contributed by atoms with Crippen molar-refractivity contribution in [3.05, 3.63) is 70.8 Å². The molecule has 4 saturated heterocycles. The Hall–Kier alpha value is -1.72. The molecule has 4 nitrogen and oxygen atoms in total. The lowest BCUT2D eigenvalue weighted by Crippen LogP contribution is -2.87. The average Bonchev–Trinajstić information content (AvgIpc) is 2.81. The zero-order valence-electron chi connectivity index (χ0n) is 20.0. The van der Waals surface area contributed by atoms with Crippen molar-refractivity contribution in [2.45, 2.75) is 52.1 Å². The van der Waals surface area contributed by atoms with E-state index in [0.717, 1.165) is 0 Å². The molecule has 4 aliphatic heterocycles. The first-order chi connectivity index (χ1) is 15.6. The normalized spacial score (nSPS) is 34.8. The van der Waals surface area contributed by atoms with Crippen molar-refractivity contribution in [3.8, 4) is 0 Å². The molecule has 32 heavy (non-hydrogen) atoms. The Morgan fingerprint density at radius 3 is 1.41 bits per heavy atom. The van der Waals surface area contributed by atoms with Crippen LogP contribution in [0.15, 0.2) is 48.5 Å². The second-order valence-corrected chi connectivity index (χ2v) is 11.2. The van der Waals surface area contributed by atoms with E-state index in [9.17, 15) is 0 Å². The first-order valence-electron chi connectivity index (χ1n) is 12.9. The Morgan fingerprint density at radius 2 is 1.00 bits per heavy atom. The van der Waals surface area contributed by atoms with Crippen molar-refractivity contribution in [2.75, 3.05) is 52.4 Å². The van der Waals surface area contributed by atoms with Crippen molar-refractivity contribution in [3.63, 3.8) is 0 Å². The van der Waals surface area contributed by atoms with E-state index in [1.54, 1.807) is 0 Å². The van der Waals surface area contributed by atoms with Crippen LogP contribution in [0.5, 0.6) is 0 Å². The summed E-state index contributed by atoms with van der Waals surface area (Å²) in [5.41, 5.74) is 5.81. The Balaban J connectivity index is 1.37. The van der Waals surface area contributed by atoms with E-state index >= 15 is 0 Å². The molecular formula is C28H40N4+2. The van der Waals surface area contributed by atoms with Gasteiger partial charge in [0.05, 0.1) is 39.3 Å². The summed E-state index contributed by atoms with van der Waals surface area (Å²) in [6.07, 6.45) is 4.01. The third-order valence-corrected chi connectivity index (χ3v) is 9.14. The maximum atomic E-state index is 2.91. The van der Waals surface area contributed by atoms with E-state index in [4.69, 9.17) is 0 Å². The number of nitrogens with zero attached hydrogens (tertiary/aromatic N) is 4. The minimum atomic E-state index is 0.651. The quantitative estimate of drug-likeness (QED) is 0.680. The van der Waals surface area contributed by atoms with Crippen molar-refractivity contribution < 1.29 is 8.97 Å². The number of hydrogen-bond donors (Lipinski definition) is 0. The zero-order chi connectivity index (χ0) is 21.8. The highest BCUT2D eigenvalue weighted by atomic mass is 15.7. The molecule has 4 aliphatic rings. The number of hydrogen-bond acceptors (Lipinski definition) is 2. The third kappa shape index (κ3) is 3.43. The Labute approximate surface area is 194 Å². The number of quaternary nitrogens is 2. The molecular weight excluding hydrogens is 392 g/mol. The van der Waals surface area contributed by atoms with Gasteiger partial charge in [-0.1, -0.05) is 59.7 Å². The van der Waals surface area contributed by atoms with Crippen LogP contribution in [0.4, 0.5) is 0 Å². The van der Waals surface area contributed by atoms with Crippen LogP contribution in [0, 0.1) is 13.8 Å². The molecule has 2 aromatic rings. The number of rotatable bonds is 4. The van der Waals surface area contributed by atoms with Crippen LogP contribution in [0.2, 0.25) is 0 Å². The van der Waals surface area contributed by atoms with E-state index in [2.05, 4.69) is 72.2 Å². The van der Waals surface area contributed by atoms with Crippen molar-refractivity contribution in [2.24, 2.45) is 0 Å². The molecule has 0 amide bonds. The molecule has 6 rings (SSSR count). The highest BCUT2D eigenvalue weighted by Gasteiger charge is 2.64. The fourth-order valence-corrected chi connectivity index (χ4v) is 7.59. The smallest absolute Gasteiger partial charge is 0.214 e. The topological polar surface area (TPSA) is 6.48 Å². The molecule has 0 N–H and O–H groups in total. The average molecular weight is 433 g/mol. The lowest BCUT2D eigenvalue weighted by atomic mass is 9.92. The number of aryl methyl sites for hydroxylation is 2. The van der Waals surface area contributed by atoms with Crippen molar-refractivity contribution in [1.82, 2.24) is 9.80 Å². The van der Waals surface area contributed by atoms with E-state index in [1.807, 2.05) is 0 Å². The molecule has 4 fully saturated rings. The maximum absolute atomic E-state index is 2.91. The van der Waals surface area contributed by atoms with Gasteiger partial charge in [-0.05, 0) is 13.8 Å². The maximum Gasteiger partial charge on any atom is 0.214 e. The summed E-state index contributed by atoms with van der Waals surface area (Å²) >= 11 is 0. The van der Waals surface area contributed by atoms with E-state index in [0.29, 0.717) is 12.3 Å². The predicted octanol–water partition coefficient (Wildman–Crippen LogP) is 3.73. The van der Waals surface area contributed by atoms with Gasteiger partial charge in [0.25, 0.3) is 0 Å². The van der Waals surface area contributed by atoms with Gasteiger partial charge >= 0.3 is 0 Å². The van der Waals surface area contributed by atoms with Crippen LogP contribution >= 0.6 is 0 Å². The Kier molecular flexibility index (Phi) is 5.18. The van der Waals surface area contributed by atoms with Gasteiger partial charge in [-0.3, -0.25) is 8.97 Å². The van der Waals surface area contributed by atoms with Crippen molar-refractivity contribution in [1.29, 1.82) is 0 Å².